The van der Waals surface area contributed by atoms with Gasteiger partial charge in [-0.3, -0.25) is 0 Å². The molecule has 2 unspecified atom stereocenters. The van der Waals surface area contributed by atoms with Crippen LogP contribution in [0.15, 0.2) is 12.3 Å². The molecule has 0 radical (unpaired) electrons. The van der Waals surface area contributed by atoms with Gasteiger partial charge in [0.2, 0.25) is 0 Å². The zero-order chi connectivity index (χ0) is 11.5. The number of nitrogens with one attached hydrogen (secondary N) is 1. The second-order valence-corrected chi connectivity index (χ2v) is 4.53. The Morgan fingerprint density at radius 1 is 1.44 bits per heavy atom. The van der Waals surface area contributed by atoms with Crippen LogP contribution in [0.3, 0.4) is 0 Å². The van der Waals surface area contributed by atoms with Crippen LogP contribution in [0.2, 0.25) is 0 Å². The van der Waals surface area contributed by atoms with Crippen LogP contribution in [-0.2, 0) is 0 Å². The molecule has 2 atom stereocenters. The largest absolute Gasteiger partial charge is 0.397 e. The maximum atomic E-state index is 9.84. The van der Waals surface area contributed by atoms with Crippen molar-refractivity contribution in [1.29, 1.82) is 0 Å². The number of aliphatic hydroxyl groups is 1. The van der Waals surface area contributed by atoms with Crippen molar-refractivity contribution in [2.45, 2.75) is 44.8 Å². The van der Waals surface area contributed by atoms with Crippen molar-refractivity contribution in [3.05, 3.63) is 17.8 Å². The average molecular weight is 221 g/mol. The Balaban J connectivity index is 2.05. The van der Waals surface area contributed by atoms with Gasteiger partial charge in [-0.15, -0.1) is 0 Å². The maximum absolute atomic E-state index is 9.84. The summed E-state index contributed by atoms with van der Waals surface area (Å²) in [6.07, 6.45) is 5.58. The van der Waals surface area contributed by atoms with E-state index in [0.29, 0.717) is 5.69 Å². The van der Waals surface area contributed by atoms with E-state index in [4.69, 9.17) is 5.73 Å². The summed E-state index contributed by atoms with van der Waals surface area (Å²) in [5.74, 6) is 0.803. The lowest BCUT2D eigenvalue weighted by atomic mass is 9.92. The first-order valence-corrected chi connectivity index (χ1v) is 5.83. The Kier molecular flexibility index (Phi) is 3.29. The lowest BCUT2D eigenvalue weighted by Gasteiger charge is -2.28. The molecule has 1 fully saturated rings. The summed E-state index contributed by atoms with van der Waals surface area (Å²) < 4.78 is 0. The van der Waals surface area contributed by atoms with Gasteiger partial charge >= 0.3 is 0 Å². The Labute approximate surface area is 95.9 Å². The second-order valence-electron chi connectivity index (χ2n) is 4.53. The Morgan fingerprint density at radius 2 is 2.19 bits per heavy atom. The summed E-state index contributed by atoms with van der Waals surface area (Å²) >= 11 is 0. The maximum Gasteiger partial charge on any atom is 0.126 e. The predicted molar refractivity (Wildman–Crippen MR) is 65.3 cm³/mol. The fourth-order valence-corrected chi connectivity index (χ4v) is 2.12. The molecule has 1 heterocycles. The van der Waals surface area contributed by atoms with Crippen molar-refractivity contribution >= 4 is 11.5 Å². The monoisotopic (exact) mass is 221 g/mol. The Bertz CT molecular complexity index is 367. The summed E-state index contributed by atoms with van der Waals surface area (Å²) in [6.45, 7) is 1.96. The number of rotatable bonds is 2. The third-order valence-electron chi connectivity index (χ3n) is 3.21. The van der Waals surface area contributed by atoms with Crippen molar-refractivity contribution in [2.24, 2.45) is 0 Å². The number of hydrogen-bond donors (Lipinski definition) is 3. The highest BCUT2D eigenvalue weighted by atomic mass is 16.3. The van der Waals surface area contributed by atoms with E-state index in [1.165, 1.54) is 6.42 Å². The standard InChI is InChI=1S/C12H19N3O/c1-8-6-12(14-7-9(8)13)15-10-4-2-3-5-11(10)16/h6-7,10-11,16H,2-5,13H2,1H3,(H,14,15). The number of nitrogen functional groups attached to an aromatic ring is 1. The van der Waals surface area contributed by atoms with Crippen LogP contribution in [0.4, 0.5) is 11.5 Å². The van der Waals surface area contributed by atoms with Crippen molar-refractivity contribution in [1.82, 2.24) is 4.98 Å². The zero-order valence-electron chi connectivity index (χ0n) is 9.61. The molecule has 1 aromatic rings. The zero-order valence-corrected chi connectivity index (χ0v) is 9.61. The van der Waals surface area contributed by atoms with E-state index in [-0.39, 0.29) is 12.1 Å². The minimum absolute atomic E-state index is 0.129. The van der Waals surface area contributed by atoms with Gasteiger partial charge in [0.25, 0.3) is 0 Å². The third-order valence-corrected chi connectivity index (χ3v) is 3.21. The smallest absolute Gasteiger partial charge is 0.126 e. The molecule has 16 heavy (non-hydrogen) atoms. The summed E-state index contributed by atoms with van der Waals surface area (Å²) in [7, 11) is 0. The van der Waals surface area contributed by atoms with Crippen LogP contribution in [-0.4, -0.2) is 22.2 Å². The number of hydrogen-bond acceptors (Lipinski definition) is 4. The number of nitrogens with two attached hydrogens (primary N) is 1. The van der Waals surface area contributed by atoms with Crippen LogP contribution in [0.5, 0.6) is 0 Å². The van der Waals surface area contributed by atoms with Gasteiger partial charge in [-0.25, -0.2) is 4.98 Å². The van der Waals surface area contributed by atoms with E-state index in [0.717, 1.165) is 30.6 Å². The quantitative estimate of drug-likeness (QED) is 0.710. The van der Waals surface area contributed by atoms with E-state index in [1.54, 1.807) is 6.20 Å². The third kappa shape index (κ3) is 2.44. The van der Waals surface area contributed by atoms with Crippen molar-refractivity contribution in [2.75, 3.05) is 11.1 Å². The highest BCUT2D eigenvalue weighted by Gasteiger charge is 2.22. The predicted octanol–water partition coefficient (Wildman–Crippen LogP) is 1.69. The lowest BCUT2D eigenvalue weighted by molar-refractivity contribution is 0.116. The van der Waals surface area contributed by atoms with Gasteiger partial charge in [-0.05, 0) is 31.4 Å². The molecule has 1 saturated carbocycles. The first kappa shape index (κ1) is 11.2. The van der Waals surface area contributed by atoms with Crippen molar-refractivity contribution in [3.8, 4) is 0 Å². The molecule has 88 valence electrons. The number of aliphatic hydroxyl groups excluding tert-OH is 1. The molecule has 1 aliphatic carbocycles. The normalized spacial score (nSPS) is 25.4. The van der Waals surface area contributed by atoms with E-state index < -0.39 is 0 Å². The number of nitrogens with zero attached hydrogens (tertiary/aromatic N) is 1. The molecule has 4 nitrogen and oxygen atoms in total. The van der Waals surface area contributed by atoms with E-state index in [2.05, 4.69) is 10.3 Å². The van der Waals surface area contributed by atoms with Gasteiger partial charge in [0.05, 0.1) is 24.0 Å². The van der Waals surface area contributed by atoms with Gasteiger partial charge in [0.15, 0.2) is 0 Å². The molecule has 0 aromatic carbocycles. The molecule has 0 saturated heterocycles. The number of anilines is 2. The molecule has 0 aliphatic heterocycles. The summed E-state index contributed by atoms with van der Waals surface area (Å²) in [6, 6.07) is 2.06. The molecular formula is C12H19N3O. The lowest BCUT2D eigenvalue weighted by Crippen LogP contribution is -2.36. The molecule has 0 amide bonds. The molecule has 4 N–H and O–H groups in total. The molecule has 0 spiro atoms. The van der Waals surface area contributed by atoms with Gasteiger partial charge < -0.3 is 16.2 Å². The summed E-state index contributed by atoms with van der Waals surface area (Å²) in [5, 5.41) is 13.1. The van der Waals surface area contributed by atoms with Crippen LogP contribution >= 0.6 is 0 Å². The molecular weight excluding hydrogens is 202 g/mol. The van der Waals surface area contributed by atoms with Crippen LogP contribution in [0.25, 0.3) is 0 Å². The second kappa shape index (κ2) is 4.70. The van der Waals surface area contributed by atoms with Crippen LogP contribution in [0.1, 0.15) is 31.2 Å². The number of aryl methyl sites for hydroxylation is 1. The van der Waals surface area contributed by atoms with Crippen LogP contribution in [0, 0.1) is 6.92 Å². The summed E-state index contributed by atoms with van der Waals surface area (Å²) in [5.41, 5.74) is 7.43. The molecule has 2 rings (SSSR count). The first-order valence-electron chi connectivity index (χ1n) is 5.83. The van der Waals surface area contributed by atoms with Crippen molar-refractivity contribution in [3.63, 3.8) is 0 Å². The van der Waals surface area contributed by atoms with Gasteiger partial charge in [0, 0.05) is 0 Å². The van der Waals surface area contributed by atoms with E-state index in [1.807, 2.05) is 13.0 Å². The summed E-state index contributed by atoms with van der Waals surface area (Å²) in [4.78, 5) is 4.22. The van der Waals surface area contributed by atoms with Gasteiger partial charge in [0.1, 0.15) is 5.82 Å². The first-order chi connectivity index (χ1) is 7.66. The fraction of sp³-hybridized carbons (Fsp3) is 0.583. The molecule has 1 aliphatic rings. The average Bonchev–Trinajstić information content (AvgIpc) is 2.27. The molecule has 1 aromatic heterocycles. The van der Waals surface area contributed by atoms with Gasteiger partial charge in [-0.2, -0.15) is 0 Å². The van der Waals surface area contributed by atoms with Gasteiger partial charge in [-0.1, -0.05) is 12.8 Å². The van der Waals surface area contributed by atoms with Crippen LogP contribution < -0.4 is 11.1 Å². The van der Waals surface area contributed by atoms with Crippen molar-refractivity contribution < 1.29 is 5.11 Å². The SMILES string of the molecule is Cc1cc(NC2CCCCC2O)ncc1N. The minimum atomic E-state index is -0.256. The fourth-order valence-electron chi connectivity index (χ4n) is 2.12. The minimum Gasteiger partial charge on any atom is -0.397 e. The topological polar surface area (TPSA) is 71.2 Å². The Hall–Kier alpha value is -1.29. The van der Waals surface area contributed by atoms with E-state index in [9.17, 15) is 5.11 Å². The molecule has 4 heteroatoms. The molecule has 0 bridgehead atoms. The number of pyridine rings is 1. The Morgan fingerprint density at radius 3 is 2.88 bits per heavy atom. The number of aromatic nitrogens is 1. The van der Waals surface area contributed by atoms with E-state index >= 15 is 0 Å². The highest BCUT2D eigenvalue weighted by molar-refractivity contribution is 5.51. The highest BCUT2D eigenvalue weighted by Crippen LogP contribution is 2.22.